The molecule has 0 amide bonds. The lowest BCUT2D eigenvalue weighted by atomic mass is 10.1. The van der Waals surface area contributed by atoms with Gasteiger partial charge >= 0.3 is 17.9 Å². The maximum atomic E-state index is 12.7. The number of carboxylic acid groups (broad SMARTS) is 1. The van der Waals surface area contributed by atoms with Gasteiger partial charge in [-0.1, -0.05) is 137 Å². The normalized spacial score (nSPS) is 13.7. The molecule has 2 atom stereocenters. The number of hydrogen-bond acceptors (Lipinski definition) is 6. The number of likely N-dealkylation sites (N-methyl/N-ethyl adjacent to an activating group) is 1. The van der Waals surface area contributed by atoms with Gasteiger partial charge in [0.05, 0.1) is 34.4 Å². The maximum absolute atomic E-state index is 12.7. The number of esters is 2. The highest BCUT2D eigenvalue weighted by atomic mass is 16.6. The van der Waals surface area contributed by atoms with Crippen molar-refractivity contribution >= 4 is 17.9 Å². The largest absolute Gasteiger partial charge is 0.477 e. The van der Waals surface area contributed by atoms with Crippen molar-refractivity contribution < 1.29 is 38.2 Å². The monoisotopic (exact) mass is 811 g/mol. The molecule has 8 nitrogen and oxygen atoms in total. The minimum absolute atomic E-state index is 0.0338. The first-order chi connectivity index (χ1) is 28.1. The number of carboxylic acids is 1. The predicted octanol–water partition coefficient (Wildman–Crippen LogP) is 12.5. The Balaban J connectivity index is 4.46. The van der Waals surface area contributed by atoms with Crippen LogP contribution in [0.3, 0.4) is 0 Å². The Kier molecular flexibility index (Phi) is 37.9. The molecule has 0 bridgehead atoms. The van der Waals surface area contributed by atoms with Gasteiger partial charge in [-0.25, -0.2) is 4.79 Å². The fraction of sp³-hybridized carbons (Fsp3) is 0.660. The highest BCUT2D eigenvalue weighted by molar-refractivity contribution is 5.72. The second-order valence-corrected chi connectivity index (χ2v) is 15.9. The third kappa shape index (κ3) is 38.1. The zero-order valence-electron chi connectivity index (χ0n) is 37.5. The molecular formula is C50H84NO7+. The Morgan fingerprint density at radius 2 is 0.966 bits per heavy atom. The Labute approximate surface area is 354 Å². The molecular weight excluding hydrogens is 727 g/mol. The number of nitrogens with zero attached hydrogens (tertiary/aromatic N) is 1. The van der Waals surface area contributed by atoms with Gasteiger partial charge in [0.25, 0.3) is 0 Å². The smallest absolute Gasteiger partial charge is 0.362 e. The third-order valence-corrected chi connectivity index (χ3v) is 9.53. The van der Waals surface area contributed by atoms with Crippen molar-refractivity contribution in [1.29, 1.82) is 0 Å². The molecule has 0 aliphatic rings. The van der Waals surface area contributed by atoms with E-state index in [9.17, 15) is 19.5 Å². The zero-order valence-corrected chi connectivity index (χ0v) is 37.5. The minimum atomic E-state index is -0.888. The maximum Gasteiger partial charge on any atom is 0.362 e. The highest BCUT2D eigenvalue weighted by Gasteiger charge is 2.31. The molecule has 0 aromatic carbocycles. The number of hydrogen-bond donors (Lipinski definition) is 1. The van der Waals surface area contributed by atoms with E-state index in [-0.39, 0.29) is 42.7 Å². The number of quaternary nitrogens is 1. The van der Waals surface area contributed by atoms with Crippen LogP contribution in [-0.2, 0) is 28.6 Å². The summed E-state index contributed by atoms with van der Waals surface area (Å²) in [5.41, 5.74) is 0. The van der Waals surface area contributed by atoms with Crippen molar-refractivity contribution in [2.24, 2.45) is 0 Å². The highest BCUT2D eigenvalue weighted by Crippen LogP contribution is 2.12. The lowest BCUT2D eigenvalue weighted by Gasteiger charge is -2.31. The summed E-state index contributed by atoms with van der Waals surface area (Å²) in [6, 6.07) is -0.629. The first-order valence-corrected chi connectivity index (χ1v) is 22.6. The van der Waals surface area contributed by atoms with Crippen LogP contribution in [0.25, 0.3) is 0 Å². The number of ether oxygens (including phenoxy) is 3. The summed E-state index contributed by atoms with van der Waals surface area (Å²) >= 11 is 0. The lowest BCUT2D eigenvalue weighted by Crippen LogP contribution is -2.50. The minimum Gasteiger partial charge on any atom is -0.477 e. The van der Waals surface area contributed by atoms with Crippen LogP contribution in [0.2, 0.25) is 0 Å². The molecule has 0 aliphatic carbocycles. The number of carbonyl (C=O) groups excluding carboxylic acids is 2. The van der Waals surface area contributed by atoms with E-state index < -0.39 is 18.1 Å². The first kappa shape index (κ1) is 54.5. The van der Waals surface area contributed by atoms with Crippen LogP contribution < -0.4 is 0 Å². The summed E-state index contributed by atoms with van der Waals surface area (Å²) in [7, 11) is 5.50. The van der Waals surface area contributed by atoms with Crippen LogP contribution in [0, 0.1) is 0 Å². The predicted molar refractivity (Wildman–Crippen MR) is 243 cm³/mol. The summed E-state index contributed by atoms with van der Waals surface area (Å²) in [6.45, 7) is 4.53. The van der Waals surface area contributed by atoms with Crippen LogP contribution in [0.4, 0.5) is 0 Å². The Hall–Kier alpha value is -3.49. The summed E-state index contributed by atoms with van der Waals surface area (Å²) in [5.74, 6) is -1.56. The quantitative estimate of drug-likeness (QED) is 0.0286. The Bertz CT molecular complexity index is 1220. The summed E-state index contributed by atoms with van der Waals surface area (Å²) in [5, 5.41) is 9.62. The molecule has 8 heteroatoms. The molecule has 0 radical (unpaired) electrons. The molecule has 0 saturated heterocycles. The van der Waals surface area contributed by atoms with E-state index in [0.717, 1.165) is 83.5 Å². The average molecular weight is 811 g/mol. The second-order valence-electron chi connectivity index (χ2n) is 15.9. The first-order valence-electron chi connectivity index (χ1n) is 22.6. The molecule has 0 aliphatic heterocycles. The number of aliphatic carboxylic acids is 1. The van der Waals surface area contributed by atoms with Crippen molar-refractivity contribution in [3.05, 3.63) is 85.1 Å². The lowest BCUT2D eigenvalue weighted by molar-refractivity contribution is -0.887. The van der Waals surface area contributed by atoms with Crippen molar-refractivity contribution in [1.82, 2.24) is 0 Å². The van der Waals surface area contributed by atoms with Crippen molar-refractivity contribution in [2.45, 2.75) is 174 Å². The van der Waals surface area contributed by atoms with Gasteiger partial charge in [-0.15, -0.1) is 0 Å². The molecule has 0 aromatic heterocycles. The van der Waals surface area contributed by atoms with E-state index in [1.807, 2.05) is 21.1 Å². The molecule has 0 aromatic rings. The van der Waals surface area contributed by atoms with Gasteiger partial charge in [-0.2, -0.15) is 0 Å². The molecule has 0 fully saturated rings. The van der Waals surface area contributed by atoms with Gasteiger partial charge < -0.3 is 23.8 Å². The van der Waals surface area contributed by atoms with Gasteiger partial charge in [0.15, 0.2) is 12.1 Å². The van der Waals surface area contributed by atoms with Gasteiger partial charge in [-0.05, 0) is 89.9 Å². The van der Waals surface area contributed by atoms with Crippen molar-refractivity contribution in [3.8, 4) is 0 Å². The molecule has 0 saturated carbocycles. The van der Waals surface area contributed by atoms with Crippen molar-refractivity contribution in [2.75, 3.05) is 41.0 Å². The number of carbonyl (C=O) groups is 3. The van der Waals surface area contributed by atoms with Crippen LogP contribution in [0.5, 0.6) is 0 Å². The fourth-order valence-electron chi connectivity index (χ4n) is 6.03. The topological polar surface area (TPSA) is 99.1 Å². The van der Waals surface area contributed by atoms with E-state index >= 15 is 0 Å². The Morgan fingerprint density at radius 3 is 1.48 bits per heavy atom. The zero-order chi connectivity index (χ0) is 42.8. The standard InChI is InChI=1S/C50H83NO7/c1-6-8-10-12-14-16-18-20-21-22-23-24-25-26-27-29-31-33-35-37-39-41-49(53)58-46(44-56-43-42-47(50(54)55)51(3,4)5)45-57-48(52)40-38-36-34-32-30-28-19-17-15-13-11-9-7-2/h8,10,14,16,20-21,23-24,26-28,30-31,33,46-47H,6-7,9,11-13,15,17-19,22,25,29,32,34-45H2,1-5H3/p+1/b10-8+,16-14+,21-20+,24-23+,27-26+,30-28+,33-31+. The van der Waals surface area contributed by atoms with E-state index in [1.54, 1.807) is 0 Å². The summed E-state index contributed by atoms with van der Waals surface area (Å²) < 4.78 is 17.2. The molecule has 0 rings (SSSR count). The van der Waals surface area contributed by atoms with E-state index in [4.69, 9.17) is 14.2 Å². The van der Waals surface area contributed by atoms with Crippen LogP contribution in [0.15, 0.2) is 85.1 Å². The molecule has 58 heavy (non-hydrogen) atoms. The van der Waals surface area contributed by atoms with E-state index in [0.29, 0.717) is 19.3 Å². The Morgan fingerprint density at radius 1 is 0.534 bits per heavy atom. The number of allylic oxidation sites excluding steroid dienone is 14. The average Bonchev–Trinajstić information content (AvgIpc) is 3.18. The van der Waals surface area contributed by atoms with Crippen molar-refractivity contribution in [3.63, 3.8) is 0 Å². The molecule has 330 valence electrons. The van der Waals surface area contributed by atoms with E-state index in [2.05, 4.69) is 98.9 Å². The fourth-order valence-corrected chi connectivity index (χ4v) is 6.03. The van der Waals surface area contributed by atoms with Crippen LogP contribution in [-0.4, -0.2) is 80.6 Å². The van der Waals surface area contributed by atoms with Crippen LogP contribution >= 0.6 is 0 Å². The van der Waals surface area contributed by atoms with Gasteiger partial charge in [0.2, 0.25) is 0 Å². The van der Waals surface area contributed by atoms with E-state index in [1.165, 1.54) is 38.5 Å². The van der Waals surface area contributed by atoms with Gasteiger partial charge in [0, 0.05) is 19.3 Å². The molecule has 0 heterocycles. The summed E-state index contributed by atoms with van der Waals surface area (Å²) in [6.07, 6.45) is 52.0. The second kappa shape index (κ2) is 40.3. The SMILES string of the molecule is CC/C=C/C/C=C/C/C=C/C/C=C/C/C=C/C/C=C/CCCCC(=O)OC(COCCC(C(=O)O)[N+](C)(C)C)COC(=O)CCCCC/C=C/CCCCCCCC. The van der Waals surface area contributed by atoms with Crippen LogP contribution in [0.1, 0.15) is 162 Å². The molecule has 1 N–H and O–H groups in total. The number of rotatable bonds is 39. The summed E-state index contributed by atoms with van der Waals surface area (Å²) in [4.78, 5) is 37.0. The van der Waals surface area contributed by atoms with Gasteiger partial charge in [-0.3, -0.25) is 9.59 Å². The molecule has 2 unspecified atom stereocenters. The molecule has 0 spiro atoms. The third-order valence-electron chi connectivity index (χ3n) is 9.53. The van der Waals surface area contributed by atoms with Gasteiger partial charge in [0.1, 0.15) is 6.61 Å². The number of unbranched alkanes of at least 4 members (excludes halogenated alkanes) is 11.